The summed E-state index contributed by atoms with van der Waals surface area (Å²) in [5.41, 5.74) is 2.00. The summed E-state index contributed by atoms with van der Waals surface area (Å²) in [5, 5.41) is 18.4. The van der Waals surface area contributed by atoms with Gasteiger partial charge in [0.05, 0.1) is 9.99 Å². The first-order valence-corrected chi connectivity index (χ1v) is 8.75. The van der Waals surface area contributed by atoms with Crippen LogP contribution in [0.4, 0.5) is 0 Å². The molecule has 126 valence electrons. The summed E-state index contributed by atoms with van der Waals surface area (Å²) in [5.74, 6) is 3.93. The summed E-state index contributed by atoms with van der Waals surface area (Å²) >= 11 is 3.55. The Hall–Kier alpha value is -2.43. The number of terminal acetylenes is 1. The van der Waals surface area contributed by atoms with E-state index >= 15 is 0 Å². The standard InChI is InChI=1S/C18H15BrN4O2/c1-2-13(24)18-15(4-3-9-20-18)25-14-8-7-12-17(16(14)19)21-22-23(12)10-11-5-6-11/h1,3-4,7-9,11,13,24H,5-6,10H2. The number of benzene rings is 1. The molecule has 4 rings (SSSR count). The third kappa shape index (κ3) is 3.11. The topological polar surface area (TPSA) is 73.1 Å². The van der Waals surface area contributed by atoms with Crippen molar-refractivity contribution in [1.82, 2.24) is 20.0 Å². The minimum atomic E-state index is -1.13. The normalized spacial score (nSPS) is 15.1. The maximum atomic E-state index is 9.91. The van der Waals surface area contributed by atoms with Crippen molar-refractivity contribution in [1.29, 1.82) is 0 Å². The molecule has 3 aromatic rings. The van der Waals surface area contributed by atoms with Crippen LogP contribution in [0, 0.1) is 18.3 Å². The van der Waals surface area contributed by atoms with Crippen LogP contribution in [-0.2, 0) is 6.54 Å². The molecule has 1 fully saturated rings. The van der Waals surface area contributed by atoms with Gasteiger partial charge in [0.15, 0.2) is 11.9 Å². The Kier molecular flexibility index (Phi) is 4.15. The van der Waals surface area contributed by atoms with Gasteiger partial charge >= 0.3 is 0 Å². The minimum absolute atomic E-state index is 0.300. The largest absolute Gasteiger partial charge is 0.454 e. The highest BCUT2D eigenvalue weighted by molar-refractivity contribution is 9.10. The van der Waals surface area contributed by atoms with Gasteiger partial charge in [0.2, 0.25) is 0 Å². The van der Waals surface area contributed by atoms with E-state index in [0.29, 0.717) is 27.6 Å². The molecule has 1 aliphatic carbocycles. The zero-order valence-electron chi connectivity index (χ0n) is 13.3. The van der Waals surface area contributed by atoms with Crippen LogP contribution in [0.2, 0.25) is 0 Å². The van der Waals surface area contributed by atoms with Crippen molar-refractivity contribution in [3.05, 3.63) is 40.6 Å². The fourth-order valence-corrected chi connectivity index (χ4v) is 3.13. The van der Waals surface area contributed by atoms with E-state index in [1.165, 1.54) is 12.8 Å². The number of nitrogens with zero attached hydrogens (tertiary/aromatic N) is 4. The van der Waals surface area contributed by atoms with Crippen LogP contribution in [0.1, 0.15) is 24.6 Å². The van der Waals surface area contributed by atoms with Crippen molar-refractivity contribution in [2.24, 2.45) is 5.92 Å². The van der Waals surface area contributed by atoms with Crippen LogP contribution in [0.15, 0.2) is 34.9 Å². The highest BCUT2D eigenvalue weighted by Crippen LogP contribution is 2.37. The van der Waals surface area contributed by atoms with Gasteiger partial charge in [-0.15, -0.1) is 11.5 Å². The van der Waals surface area contributed by atoms with Crippen molar-refractivity contribution in [2.75, 3.05) is 0 Å². The minimum Gasteiger partial charge on any atom is -0.454 e. The Labute approximate surface area is 153 Å². The number of aliphatic hydroxyl groups is 1. The van der Waals surface area contributed by atoms with Gasteiger partial charge in [0.25, 0.3) is 0 Å². The van der Waals surface area contributed by atoms with E-state index in [0.717, 1.165) is 17.6 Å². The molecule has 0 amide bonds. The molecule has 0 bridgehead atoms. The Morgan fingerprint density at radius 3 is 2.96 bits per heavy atom. The third-order valence-electron chi connectivity index (χ3n) is 4.15. The van der Waals surface area contributed by atoms with Gasteiger partial charge in [-0.2, -0.15) is 0 Å². The van der Waals surface area contributed by atoms with Gasteiger partial charge in [-0.3, -0.25) is 4.98 Å². The Bertz CT molecular complexity index is 975. The smallest absolute Gasteiger partial charge is 0.160 e. The van der Waals surface area contributed by atoms with Crippen LogP contribution in [0.5, 0.6) is 11.5 Å². The molecule has 1 N–H and O–H groups in total. The van der Waals surface area contributed by atoms with Crippen LogP contribution >= 0.6 is 15.9 Å². The first-order valence-electron chi connectivity index (χ1n) is 7.96. The second-order valence-electron chi connectivity index (χ2n) is 6.02. The van der Waals surface area contributed by atoms with Crippen LogP contribution < -0.4 is 4.74 Å². The summed E-state index contributed by atoms with van der Waals surface area (Å²) in [6, 6.07) is 7.22. The number of rotatable bonds is 5. The van der Waals surface area contributed by atoms with Crippen molar-refractivity contribution in [3.63, 3.8) is 0 Å². The monoisotopic (exact) mass is 398 g/mol. The number of aromatic nitrogens is 4. The lowest BCUT2D eigenvalue weighted by Crippen LogP contribution is -2.02. The van der Waals surface area contributed by atoms with E-state index in [4.69, 9.17) is 11.2 Å². The first-order chi connectivity index (χ1) is 12.2. The number of fused-ring (bicyclic) bond motifs is 1. The molecule has 1 saturated carbocycles. The Balaban J connectivity index is 1.69. The maximum absolute atomic E-state index is 9.91. The summed E-state index contributed by atoms with van der Waals surface area (Å²) in [6.07, 6.45) is 8.24. The zero-order valence-corrected chi connectivity index (χ0v) is 14.8. The molecule has 0 saturated heterocycles. The zero-order chi connectivity index (χ0) is 17.4. The van der Waals surface area contributed by atoms with Crippen LogP contribution in [-0.4, -0.2) is 25.1 Å². The summed E-state index contributed by atoms with van der Waals surface area (Å²) in [7, 11) is 0. The quantitative estimate of drug-likeness (QED) is 0.666. The number of halogens is 1. The summed E-state index contributed by atoms with van der Waals surface area (Å²) in [4.78, 5) is 4.12. The van der Waals surface area contributed by atoms with Crippen molar-refractivity contribution in [3.8, 4) is 23.8 Å². The number of pyridine rings is 1. The second kappa shape index (κ2) is 6.47. The van der Waals surface area contributed by atoms with Gasteiger partial charge in [0, 0.05) is 12.7 Å². The summed E-state index contributed by atoms with van der Waals surface area (Å²) < 4.78 is 8.57. The lowest BCUT2D eigenvalue weighted by molar-refractivity contribution is 0.228. The molecule has 0 spiro atoms. The molecule has 25 heavy (non-hydrogen) atoms. The molecular formula is C18H15BrN4O2. The molecule has 1 aromatic carbocycles. The van der Waals surface area contributed by atoms with Crippen molar-refractivity contribution in [2.45, 2.75) is 25.5 Å². The average Bonchev–Trinajstić information content (AvgIpc) is 3.36. The van der Waals surface area contributed by atoms with Gasteiger partial charge in [-0.1, -0.05) is 11.1 Å². The number of hydrogen-bond donors (Lipinski definition) is 1. The van der Waals surface area contributed by atoms with E-state index in [1.54, 1.807) is 18.3 Å². The van der Waals surface area contributed by atoms with Gasteiger partial charge in [-0.25, -0.2) is 4.68 Å². The second-order valence-corrected chi connectivity index (χ2v) is 6.81. The molecule has 1 unspecified atom stereocenters. The highest BCUT2D eigenvalue weighted by Gasteiger charge is 2.24. The van der Waals surface area contributed by atoms with E-state index in [9.17, 15) is 5.11 Å². The SMILES string of the molecule is C#CC(O)c1ncccc1Oc1ccc2c(nnn2CC2CC2)c1Br. The average molecular weight is 399 g/mol. The van der Waals surface area contributed by atoms with Gasteiger partial charge < -0.3 is 9.84 Å². The van der Waals surface area contributed by atoms with Gasteiger partial charge in [-0.05, 0) is 59.0 Å². The van der Waals surface area contributed by atoms with Crippen LogP contribution in [0.25, 0.3) is 11.0 Å². The van der Waals surface area contributed by atoms with Gasteiger partial charge in [0.1, 0.15) is 17.0 Å². The van der Waals surface area contributed by atoms with E-state index in [2.05, 4.69) is 37.1 Å². The predicted octanol–water partition coefficient (Wildman–Crippen LogP) is 3.46. The third-order valence-corrected chi connectivity index (χ3v) is 4.92. The predicted molar refractivity (Wildman–Crippen MR) is 96.1 cm³/mol. The lowest BCUT2D eigenvalue weighted by atomic mass is 10.2. The number of ether oxygens (including phenoxy) is 1. The molecule has 2 aromatic heterocycles. The number of aliphatic hydroxyl groups excluding tert-OH is 1. The fraction of sp³-hybridized carbons (Fsp3) is 0.278. The molecule has 0 aliphatic heterocycles. The first kappa shape index (κ1) is 16.1. The molecule has 1 atom stereocenters. The molecule has 1 aliphatic rings. The molecule has 2 heterocycles. The van der Waals surface area contributed by atoms with E-state index in [-0.39, 0.29) is 0 Å². The van der Waals surface area contributed by atoms with Crippen molar-refractivity contribution < 1.29 is 9.84 Å². The molecule has 7 heteroatoms. The van der Waals surface area contributed by atoms with E-state index < -0.39 is 6.10 Å². The highest BCUT2D eigenvalue weighted by atomic mass is 79.9. The molecular weight excluding hydrogens is 384 g/mol. The van der Waals surface area contributed by atoms with E-state index in [1.807, 2.05) is 16.8 Å². The molecule has 6 nitrogen and oxygen atoms in total. The Morgan fingerprint density at radius 2 is 2.20 bits per heavy atom. The number of hydrogen-bond acceptors (Lipinski definition) is 5. The molecule has 0 radical (unpaired) electrons. The van der Waals surface area contributed by atoms with Crippen LogP contribution in [0.3, 0.4) is 0 Å². The van der Waals surface area contributed by atoms with Crippen molar-refractivity contribution >= 4 is 27.0 Å². The fourth-order valence-electron chi connectivity index (χ4n) is 2.64. The maximum Gasteiger partial charge on any atom is 0.160 e. The Morgan fingerprint density at radius 1 is 1.36 bits per heavy atom. The summed E-state index contributed by atoms with van der Waals surface area (Å²) in [6.45, 7) is 0.893. The lowest BCUT2D eigenvalue weighted by Gasteiger charge is -2.12.